The van der Waals surface area contributed by atoms with E-state index < -0.39 is 0 Å². The van der Waals surface area contributed by atoms with Crippen LogP contribution in [0.3, 0.4) is 0 Å². The van der Waals surface area contributed by atoms with Crippen molar-refractivity contribution in [1.29, 1.82) is 0 Å². The lowest BCUT2D eigenvalue weighted by molar-refractivity contribution is -0.127. The van der Waals surface area contributed by atoms with Gasteiger partial charge in [-0.3, -0.25) is 4.79 Å². The average Bonchev–Trinajstić information content (AvgIpc) is 2.47. The summed E-state index contributed by atoms with van der Waals surface area (Å²) in [5, 5.41) is 16.3. The second kappa shape index (κ2) is 6.79. The quantitative estimate of drug-likeness (QED) is 0.741. The largest absolute Gasteiger partial charge is 0.508 e. The van der Waals surface area contributed by atoms with E-state index in [1.807, 2.05) is 26.8 Å². The number of allylic oxidation sites excluding steroid dienone is 1. The summed E-state index contributed by atoms with van der Waals surface area (Å²) >= 11 is 5.21. The molecule has 5 nitrogen and oxygen atoms in total. The smallest absolute Gasteiger partial charge is 0.253 e. The molecule has 1 aliphatic rings. The molecule has 6 heteroatoms. The Hall–Kier alpha value is -2.08. The molecule has 0 radical (unpaired) electrons. The van der Waals surface area contributed by atoms with Crippen molar-refractivity contribution in [1.82, 2.24) is 15.5 Å². The van der Waals surface area contributed by atoms with Crippen molar-refractivity contribution < 1.29 is 9.90 Å². The Bertz CT molecular complexity index is 624. The number of thiocarbonyl (C=S) groups is 1. The fourth-order valence-corrected chi connectivity index (χ4v) is 2.88. The lowest BCUT2D eigenvalue weighted by atomic mass is 9.94. The fourth-order valence-electron chi connectivity index (χ4n) is 2.61. The van der Waals surface area contributed by atoms with Crippen LogP contribution in [0.4, 0.5) is 0 Å². The Kier molecular flexibility index (Phi) is 5.03. The van der Waals surface area contributed by atoms with Crippen molar-refractivity contribution >= 4 is 23.2 Å². The predicted molar refractivity (Wildman–Crippen MR) is 90.3 cm³/mol. The molecule has 22 heavy (non-hydrogen) atoms. The van der Waals surface area contributed by atoms with E-state index in [1.165, 1.54) is 0 Å². The SMILES string of the molecule is CCN(CC)C(=O)C1=C(C)NC(=S)NC1c1cccc(O)c1. The summed E-state index contributed by atoms with van der Waals surface area (Å²) in [5.41, 5.74) is 2.18. The molecule has 2 rings (SSSR count). The monoisotopic (exact) mass is 319 g/mol. The van der Waals surface area contributed by atoms with Crippen molar-refractivity contribution in [3.8, 4) is 5.75 Å². The highest BCUT2D eigenvalue weighted by atomic mass is 32.1. The minimum atomic E-state index is -0.367. The van der Waals surface area contributed by atoms with Crippen LogP contribution in [0.5, 0.6) is 5.75 Å². The zero-order valence-corrected chi connectivity index (χ0v) is 13.8. The molecule has 0 aromatic heterocycles. The molecule has 0 spiro atoms. The summed E-state index contributed by atoms with van der Waals surface area (Å²) in [6.07, 6.45) is 0. The Balaban J connectivity index is 2.47. The van der Waals surface area contributed by atoms with Gasteiger partial charge in [0.2, 0.25) is 0 Å². The number of nitrogens with zero attached hydrogens (tertiary/aromatic N) is 1. The lowest BCUT2D eigenvalue weighted by Crippen LogP contribution is -2.47. The van der Waals surface area contributed by atoms with Crippen LogP contribution < -0.4 is 10.6 Å². The number of amides is 1. The van der Waals surface area contributed by atoms with Crippen molar-refractivity contribution in [2.45, 2.75) is 26.8 Å². The molecule has 1 atom stereocenters. The Morgan fingerprint density at radius 2 is 2.05 bits per heavy atom. The van der Waals surface area contributed by atoms with Gasteiger partial charge in [-0.25, -0.2) is 0 Å². The van der Waals surface area contributed by atoms with Crippen molar-refractivity contribution in [3.05, 3.63) is 41.1 Å². The molecule has 1 aromatic carbocycles. The van der Waals surface area contributed by atoms with E-state index in [1.54, 1.807) is 23.1 Å². The van der Waals surface area contributed by atoms with E-state index in [9.17, 15) is 9.90 Å². The summed E-state index contributed by atoms with van der Waals surface area (Å²) < 4.78 is 0. The van der Waals surface area contributed by atoms with Crippen molar-refractivity contribution in [2.24, 2.45) is 0 Å². The second-order valence-electron chi connectivity index (χ2n) is 5.14. The normalized spacial score (nSPS) is 17.8. The highest BCUT2D eigenvalue weighted by molar-refractivity contribution is 7.80. The van der Waals surface area contributed by atoms with Gasteiger partial charge < -0.3 is 20.6 Å². The van der Waals surface area contributed by atoms with E-state index >= 15 is 0 Å². The molecule has 3 N–H and O–H groups in total. The van der Waals surface area contributed by atoms with E-state index in [0.29, 0.717) is 23.8 Å². The highest BCUT2D eigenvalue weighted by Crippen LogP contribution is 2.29. The van der Waals surface area contributed by atoms with Gasteiger partial charge in [0, 0.05) is 18.8 Å². The van der Waals surface area contributed by atoms with Crippen LogP contribution in [0.25, 0.3) is 0 Å². The molecule has 0 saturated heterocycles. The summed E-state index contributed by atoms with van der Waals surface area (Å²) in [7, 11) is 0. The van der Waals surface area contributed by atoms with Gasteiger partial charge in [0.05, 0.1) is 11.6 Å². The molecule has 0 bridgehead atoms. The summed E-state index contributed by atoms with van der Waals surface area (Å²) in [6.45, 7) is 7.04. The maximum absolute atomic E-state index is 12.8. The van der Waals surface area contributed by atoms with Gasteiger partial charge in [0.25, 0.3) is 5.91 Å². The summed E-state index contributed by atoms with van der Waals surface area (Å²) in [5.74, 6) is 0.134. The molecule has 1 heterocycles. The van der Waals surface area contributed by atoms with Crippen LogP contribution >= 0.6 is 12.2 Å². The fraction of sp³-hybridized carbons (Fsp3) is 0.375. The van der Waals surface area contributed by atoms with Crippen LogP contribution in [0.1, 0.15) is 32.4 Å². The topological polar surface area (TPSA) is 64.6 Å². The average molecular weight is 319 g/mol. The van der Waals surface area contributed by atoms with E-state index in [0.717, 1.165) is 11.3 Å². The number of aromatic hydroxyl groups is 1. The van der Waals surface area contributed by atoms with Gasteiger partial charge >= 0.3 is 0 Å². The maximum atomic E-state index is 12.8. The number of phenols is 1. The Morgan fingerprint density at radius 1 is 1.36 bits per heavy atom. The first-order valence-corrected chi connectivity index (χ1v) is 7.75. The van der Waals surface area contributed by atoms with Crippen LogP contribution in [-0.4, -0.2) is 34.1 Å². The number of benzene rings is 1. The molecule has 1 aromatic rings. The number of hydrogen-bond acceptors (Lipinski definition) is 3. The first-order valence-electron chi connectivity index (χ1n) is 7.34. The third-order valence-corrected chi connectivity index (χ3v) is 3.97. The molecular weight excluding hydrogens is 298 g/mol. The highest BCUT2D eigenvalue weighted by Gasteiger charge is 2.31. The van der Waals surface area contributed by atoms with E-state index in [2.05, 4.69) is 10.6 Å². The predicted octanol–water partition coefficient (Wildman–Crippen LogP) is 2.05. The van der Waals surface area contributed by atoms with Gasteiger partial charge in [-0.05, 0) is 50.7 Å². The third-order valence-electron chi connectivity index (χ3n) is 3.75. The maximum Gasteiger partial charge on any atom is 0.253 e. The minimum absolute atomic E-state index is 0.0293. The number of nitrogens with one attached hydrogen (secondary N) is 2. The standard InChI is InChI=1S/C16H21N3O2S/c1-4-19(5-2)15(21)13-10(3)17-16(22)18-14(13)11-7-6-8-12(20)9-11/h6-9,14,20H,4-5H2,1-3H3,(H2,17,18,22). The third kappa shape index (κ3) is 3.22. The molecule has 1 aliphatic heterocycles. The first-order chi connectivity index (χ1) is 10.5. The summed E-state index contributed by atoms with van der Waals surface area (Å²) in [4.78, 5) is 14.6. The molecule has 1 amide bonds. The molecule has 118 valence electrons. The number of phenolic OH excluding ortho intramolecular Hbond substituents is 1. The van der Waals surface area contributed by atoms with Gasteiger partial charge in [0.1, 0.15) is 5.75 Å². The van der Waals surface area contributed by atoms with Gasteiger partial charge in [-0.15, -0.1) is 0 Å². The summed E-state index contributed by atoms with van der Waals surface area (Å²) in [6, 6.07) is 6.51. The van der Waals surface area contributed by atoms with Crippen molar-refractivity contribution in [2.75, 3.05) is 13.1 Å². The number of carbonyl (C=O) groups excluding carboxylic acids is 1. The molecular formula is C16H21N3O2S. The zero-order chi connectivity index (χ0) is 16.3. The van der Waals surface area contributed by atoms with E-state index in [-0.39, 0.29) is 17.7 Å². The van der Waals surface area contributed by atoms with Gasteiger partial charge in [-0.2, -0.15) is 0 Å². The van der Waals surface area contributed by atoms with Gasteiger partial charge in [0.15, 0.2) is 5.11 Å². The van der Waals surface area contributed by atoms with Crippen LogP contribution in [0, 0.1) is 0 Å². The second-order valence-corrected chi connectivity index (χ2v) is 5.55. The van der Waals surface area contributed by atoms with Gasteiger partial charge in [-0.1, -0.05) is 12.1 Å². The molecule has 0 aliphatic carbocycles. The van der Waals surface area contributed by atoms with Crippen molar-refractivity contribution in [3.63, 3.8) is 0 Å². The van der Waals surface area contributed by atoms with Crippen LogP contribution in [-0.2, 0) is 4.79 Å². The molecule has 0 saturated carbocycles. The van der Waals surface area contributed by atoms with Crippen LogP contribution in [0.2, 0.25) is 0 Å². The zero-order valence-electron chi connectivity index (χ0n) is 13.0. The Morgan fingerprint density at radius 3 is 2.64 bits per heavy atom. The Labute approximate surface area is 136 Å². The molecule has 0 fully saturated rings. The molecule has 1 unspecified atom stereocenters. The number of carbonyl (C=O) groups is 1. The number of rotatable bonds is 4. The first kappa shape index (κ1) is 16.3. The minimum Gasteiger partial charge on any atom is -0.508 e. The number of hydrogen-bond donors (Lipinski definition) is 3. The van der Waals surface area contributed by atoms with E-state index in [4.69, 9.17) is 12.2 Å². The lowest BCUT2D eigenvalue weighted by Gasteiger charge is -2.33. The number of likely N-dealkylation sites (N-methyl/N-ethyl adjacent to an activating group) is 1. The van der Waals surface area contributed by atoms with Crippen LogP contribution in [0.15, 0.2) is 35.5 Å².